The first-order valence-corrected chi connectivity index (χ1v) is 15.0. The minimum Gasteiger partial charge on any atom is -0.507 e. The van der Waals surface area contributed by atoms with Crippen molar-refractivity contribution in [1.29, 1.82) is 5.41 Å². The molecule has 224 valence electrons. The van der Waals surface area contributed by atoms with Crippen molar-refractivity contribution in [3.63, 3.8) is 0 Å². The number of halogens is 2. The molecule has 4 aliphatic rings. The maximum atomic E-state index is 14.3. The first-order chi connectivity index (χ1) is 20.0. The molecule has 4 N–H and O–H groups in total. The van der Waals surface area contributed by atoms with Gasteiger partial charge in [0, 0.05) is 29.3 Å². The van der Waals surface area contributed by atoms with E-state index in [4.69, 9.17) is 10.1 Å². The Hall–Kier alpha value is -3.30. The van der Waals surface area contributed by atoms with E-state index < -0.39 is 29.2 Å². The molecule has 2 aromatic rings. The van der Waals surface area contributed by atoms with Gasteiger partial charge in [-0.1, -0.05) is 18.6 Å². The number of hydrogen-bond donors (Lipinski definition) is 4. The monoisotopic (exact) mass is 579 g/mol. The highest BCUT2D eigenvalue weighted by atomic mass is 19.1. The summed E-state index contributed by atoms with van der Waals surface area (Å²) in [6.07, 6.45) is 6.31. The molecule has 0 amide bonds. The Labute approximate surface area is 245 Å². The lowest BCUT2D eigenvalue weighted by molar-refractivity contribution is -0.153. The molecule has 5 atom stereocenters. The van der Waals surface area contributed by atoms with E-state index in [1.54, 1.807) is 12.1 Å². The van der Waals surface area contributed by atoms with Gasteiger partial charge in [-0.3, -0.25) is 10.2 Å². The predicted octanol–water partition coefficient (Wildman–Crippen LogP) is 5.86. The second-order valence-electron chi connectivity index (χ2n) is 13.1. The fourth-order valence-electron chi connectivity index (χ4n) is 7.46. The molecule has 0 radical (unpaired) electrons. The Morgan fingerprint density at radius 3 is 2.57 bits per heavy atom. The van der Waals surface area contributed by atoms with Crippen LogP contribution < -0.4 is 10.2 Å². The summed E-state index contributed by atoms with van der Waals surface area (Å²) >= 11 is 0. The largest absolute Gasteiger partial charge is 0.507 e. The van der Waals surface area contributed by atoms with E-state index in [1.807, 2.05) is 26.0 Å². The molecular formula is C33H39F2N3O4. The van der Waals surface area contributed by atoms with Crippen LogP contribution in [0.4, 0.5) is 14.5 Å². The summed E-state index contributed by atoms with van der Waals surface area (Å²) in [7, 11) is 0. The number of benzene rings is 2. The van der Waals surface area contributed by atoms with Crippen LogP contribution in [0.2, 0.25) is 0 Å². The van der Waals surface area contributed by atoms with Gasteiger partial charge in [0.25, 0.3) is 0 Å². The Bertz CT molecular complexity index is 1420. The summed E-state index contributed by atoms with van der Waals surface area (Å²) < 4.78 is 33.6. The van der Waals surface area contributed by atoms with Crippen molar-refractivity contribution in [2.45, 2.75) is 83.1 Å². The molecule has 4 fully saturated rings. The zero-order chi connectivity index (χ0) is 29.8. The van der Waals surface area contributed by atoms with E-state index >= 15 is 0 Å². The Balaban J connectivity index is 1.05. The van der Waals surface area contributed by atoms with Crippen LogP contribution in [-0.4, -0.2) is 46.4 Å². The van der Waals surface area contributed by atoms with Crippen LogP contribution in [0, 0.1) is 34.3 Å². The minimum absolute atomic E-state index is 0.0739. The van der Waals surface area contributed by atoms with Gasteiger partial charge in [0.2, 0.25) is 0 Å². The highest BCUT2D eigenvalue weighted by molar-refractivity contribution is 6.12. The number of aliphatic hydroxyl groups excluding tert-OH is 2. The molecule has 4 unspecified atom stereocenters. The van der Waals surface area contributed by atoms with E-state index in [0.29, 0.717) is 24.7 Å². The number of fused-ring (bicyclic) bond motifs is 3. The van der Waals surface area contributed by atoms with Gasteiger partial charge in [-0.25, -0.2) is 8.78 Å². The van der Waals surface area contributed by atoms with Crippen molar-refractivity contribution < 1.29 is 28.5 Å². The number of esters is 1. The third-order valence-corrected chi connectivity index (χ3v) is 9.97. The Morgan fingerprint density at radius 1 is 1.14 bits per heavy atom. The molecule has 42 heavy (non-hydrogen) atoms. The van der Waals surface area contributed by atoms with Crippen LogP contribution >= 0.6 is 0 Å². The van der Waals surface area contributed by atoms with Crippen LogP contribution in [0.3, 0.4) is 0 Å². The summed E-state index contributed by atoms with van der Waals surface area (Å²) in [4.78, 5) is 14.4. The van der Waals surface area contributed by atoms with Gasteiger partial charge in [-0.2, -0.15) is 0 Å². The van der Waals surface area contributed by atoms with Crippen molar-refractivity contribution >= 4 is 23.3 Å². The summed E-state index contributed by atoms with van der Waals surface area (Å²) in [6.45, 7) is 4.28. The molecule has 3 saturated carbocycles. The number of anilines is 1. The van der Waals surface area contributed by atoms with Crippen LogP contribution in [0.15, 0.2) is 48.0 Å². The summed E-state index contributed by atoms with van der Waals surface area (Å²) in [5, 5.41) is 33.4. The predicted molar refractivity (Wildman–Crippen MR) is 156 cm³/mol. The molecule has 1 spiro atoms. The number of rotatable bonds is 8. The van der Waals surface area contributed by atoms with Crippen molar-refractivity contribution in [2.75, 3.05) is 11.4 Å². The number of ether oxygens (including phenoxy) is 1. The van der Waals surface area contributed by atoms with Crippen LogP contribution in [0.25, 0.3) is 5.76 Å². The molecule has 6 rings (SSSR count). The molecule has 0 aromatic heterocycles. The number of amidine groups is 1. The van der Waals surface area contributed by atoms with Gasteiger partial charge in [-0.15, -0.1) is 0 Å². The summed E-state index contributed by atoms with van der Waals surface area (Å²) in [6, 6.07) is 10.2. The zero-order valence-electron chi connectivity index (χ0n) is 24.1. The maximum absolute atomic E-state index is 14.3. The minimum atomic E-state index is -0.989. The highest BCUT2D eigenvalue weighted by Gasteiger charge is 2.67. The lowest BCUT2D eigenvalue weighted by atomic mass is 9.85. The van der Waals surface area contributed by atoms with Crippen molar-refractivity contribution in [3.05, 3.63) is 70.8 Å². The van der Waals surface area contributed by atoms with Crippen LogP contribution in [0.1, 0.15) is 69.9 Å². The summed E-state index contributed by atoms with van der Waals surface area (Å²) in [5.41, 5.74) is 1.000. The molecular weight excluding hydrogens is 540 g/mol. The normalized spacial score (nSPS) is 29.7. The first-order valence-electron chi connectivity index (χ1n) is 15.0. The second-order valence-corrected chi connectivity index (χ2v) is 13.1. The average molecular weight is 580 g/mol. The standard InChI is InChI=1S/C33H39F2N3O4/c1-32(2,31(41)42-27-18-33(27)17-20-3-6-21(33)15-20)37-14-13-19-4-8-23(9-5-19)38-28(39)12-11-25(30(38)36)29(40)24-10-7-22(34)16-26(24)35/h4-5,7-10,16,20-21,27-28,36-37,39-40H,3,6,11-15,17-18H2,1-2H3/t20?,21?,27?,28-,33?/m0/s1. The highest BCUT2D eigenvalue weighted by Crippen LogP contribution is 2.69. The van der Waals surface area contributed by atoms with E-state index in [9.17, 15) is 23.8 Å². The maximum Gasteiger partial charge on any atom is 0.326 e. The Morgan fingerprint density at radius 2 is 1.90 bits per heavy atom. The molecule has 1 heterocycles. The van der Waals surface area contributed by atoms with Gasteiger partial charge in [0.1, 0.15) is 41.1 Å². The van der Waals surface area contributed by atoms with E-state index in [1.165, 1.54) is 30.6 Å². The third kappa shape index (κ3) is 5.22. The van der Waals surface area contributed by atoms with E-state index in [2.05, 4.69) is 5.32 Å². The average Bonchev–Trinajstić information content (AvgIpc) is 3.25. The molecule has 2 bridgehead atoms. The molecule has 7 nitrogen and oxygen atoms in total. The number of hydrogen-bond acceptors (Lipinski definition) is 6. The van der Waals surface area contributed by atoms with Gasteiger partial charge in [-0.05, 0) is 100 Å². The Kier molecular flexibility index (Phi) is 7.38. The van der Waals surface area contributed by atoms with E-state index in [-0.39, 0.29) is 47.3 Å². The lowest BCUT2D eigenvalue weighted by Crippen LogP contribution is -2.49. The SMILES string of the molecule is CC(C)(NCCc1ccc(N2C(=N)C(=C(O)c3ccc(F)cc3F)CC[C@@H]2O)cc1)C(=O)OC1CC12CC1CCC2C1. The van der Waals surface area contributed by atoms with Crippen molar-refractivity contribution in [3.8, 4) is 0 Å². The number of piperidine rings is 1. The summed E-state index contributed by atoms with van der Waals surface area (Å²) in [5.74, 6) is -0.898. The van der Waals surface area contributed by atoms with E-state index in [0.717, 1.165) is 36.0 Å². The number of nitrogens with one attached hydrogen (secondary N) is 2. The fraction of sp³-hybridized carbons (Fsp3) is 0.515. The number of aliphatic hydroxyl groups is 2. The topological polar surface area (TPSA) is 106 Å². The molecule has 3 aliphatic carbocycles. The van der Waals surface area contributed by atoms with Crippen molar-refractivity contribution in [1.82, 2.24) is 5.32 Å². The van der Waals surface area contributed by atoms with Gasteiger partial charge >= 0.3 is 5.97 Å². The van der Waals surface area contributed by atoms with Crippen LogP contribution in [0.5, 0.6) is 0 Å². The lowest BCUT2D eigenvalue weighted by Gasteiger charge is -2.36. The molecule has 2 aromatic carbocycles. The fourth-order valence-corrected chi connectivity index (χ4v) is 7.46. The van der Waals surface area contributed by atoms with Crippen molar-refractivity contribution in [2.24, 2.45) is 17.3 Å². The smallest absolute Gasteiger partial charge is 0.326 e. The third-order valence-electron chi connectivity index (χ3n) is 9.97. The van der Waals surface area contributed by atoms with Crippen LogP contribution in [-0.2, 0) is 16.0 Å². The molecule has 1 saturated heterocycles. The molecule has 9 heteroatoms. The quantitative estimate of drug-likeness (QED) is 0.231. The number of carbonyl (C=O) groups is 1. The number of nitrogens with zero attached hydrogens (tertiary/aromatic N) is 1. The first kappa shape index (κ1) is 28.8. The van der Waals surface area contributed by atoms with Gasteiger partial charge < -0.3 is 25.2 Å². The van der Waals surface area contributed by atoms with Gasteiger partial charge in [0.15, 0.2) is 0 Å². The second kappa shape index (κ2) is 10.8. The van der Waals surface area contributed by atoms with Gasteiger partial charge in [0.05, 0.1) is 5.56 Å². The molecule has 1 aliphatic heterocycles. The number of carbonyl (C=O) groups excluding carboxylic acids is 1. The zero-order valence-corrected chi connectivity index (χ0v) is 24.1.